The number of hydrogen-bond acceptors (Lipinski definition) is 3. The largest absolute Gasteiger partial charge is 0.393 e. The van der Waals surface area contributed by atoms with E-state index < -0.39 is 16.1 Å². The van der Waals surface area contributed by atoms with Gasteiger partial charge in [-0.05, 0) is 25.7 Å². The highest BCUT2D eigenvalue weighted by Gasteiger charge is 2.26. The van der Waals surface area contributed by atoms with Crippen LogP contribution >= 0.6 is 0 Å². The molecule has 1 aliphatic carbocycles. The number of sulfonamides is 1. The second-order valence-corrected chi connectivity index (χ2v) is 6.60. The fourth-order valence-electron chi connectivity index (χ4n) is 2.07. The summed E-state index contributed by atoms with van der Waals surface area (Å²) >= 11 is 0. The van der Waals surface area contributed by atoms with E-state index in [9.17, 15) is 13.5 Å². The van der Waals surface area contributed by atoms with Crippen LogP contribution in [0.1, 0.15) is 51.9 Å². The van der Waals surface area contributed by atoms with Crippen LogP contribution in [0.15, 0.2) is 0 Å². The maximum absolute atomic E-state index is 11.9. The molecule has 1 rings (SSSR count). The van der Waals surface area contributed by atoms with E-state index in [-0.39, 0.29) is 5.25 Å². The van der Waals surface area contributed by atoms with Crippen molar-refractivity contribution in [2.45, 2.75) is 63.2 Å². The standard InChI is InChI=1S/C11H23NO3S/c1-2-10(13)8-9-12-16(14,15)11-6-4-3-5-7-11/h10-13H,2-9H2,1H3. The molecular formula is C11H23NO3S. The van der Waals surface area contributed by atoms with Gasteiger partial charge in [-0.15, -0.1) is 0 Å². The highest BCUT2D eigenvalue weighted by atomic mass is 32.2. The lowest BCUT2D eigenvalue weighted by Crippen LogP contribution is -2.36. The van der Waals surface area contributed by atoms with Crippen molar-refractivity contribution in [3.63, 3.8) is 0 Å². The summed E-state index contributed by atoms with van der Waals surface area (Å²) in [4.78, 5) is 0. The first-order valence-electron chi connectivity index (χ1n) is 6.23. The molecule has 1 saturated carbocycles. The number of aliphatic hydroxyl groups is 1. The minimum atomic E-state index is -3.15. The summed E-state index contributed by atoms with van der Waals surface area (Å²) in [6.07, 6.45) is 5.53. The van der Waals surface area contributed by atoms with E-state index >= 15 is 0 Å². The van der Waals surface area contributed by atoms with Gasteiger partial charge >= 0.3 is 0 Å². The Hall–Kier alpha value is -0.130. The Balaban J connectivity index is 2.33. The maximum Gasteiger partial charge on any atom is 0.214 e. The first-order valence-corrected chi connectivity index (χ1v) is 7.77. The molecule has 1 fully saturated rings. The summed E-state index contributed by atoms with van der Waals surface area (Å²) in [5, 5.41) is 9.12. The van der Waals surface area contributed by atoms with Crippen LogP contribution in [0.25, 0.3) is 0 Å². The molecule has 1 aliphatic rings. The van der Waals surface area contributed by atoms with Crippen LogP contribution in [0.3, 0.4) is 0 Å². The van der Waals surface area contributed by atoms with Gasteiger partial charge in [-0.2, -0.15) is 0 Å². The van der Waals surface area contributed by atoms with Crippen molar-refractivity contribution in [1.29, 1.82) is 0 Å². The van der Waals surface area contributed by atoms with Crippen molar-refractivity contribution in [3.8, 4) is 0 Å². The molecule has 0 aliphatic heterocycles. The second kappa shape index (κ2) is 6.57. The van der Waals surface area contributed by atoms with Crippen molar-refractivity contribution in [1.82, 2.24) is 4.72 Å². The van der Waals surface area contributed by atoms with Crippen molar-refractivity contribution in [3.05, 3.63) is 0 Å². The van der Waals surface area contributed by atoms with Gasteiger partial charge in [0.05, 0.1) is 11.4 Å². The Morgan fingerprint density at radius 3 is 2.50 bits per heavy atom. The van der Waals surface area contributed by atoms with E-state index in [0.29, 0.717) is 19.4 Å². The van der Waals surface area contributed by atoms with E-state index in [0.717, 1.165) is 32.1 Å². The highest BCUT2D eigenvalue weighted by Crippen LogP contribution is 2.22. The van der Waals surface area contributed by atoms with Gasteiger partial charge in [0.2, 0.25) is 10.0 Å². The lowest BCUT2D eigenvalue weighted by molar-refractivity contribution is 0.162. The first-order chi connectivity index (χ1) is 7.56. The molecule has 5 heteroatoms. The summed E-state index contributed by atoms with van der Waals surface area (Å²) < 4.78 is 26.3. The van der Waals surface area contributed by atoms with Gasteiger partial charge in [-0.3, -0.25) is 0 Å². The van der Waals surface area contributed by atoms with Gasteiger partial charge < -0.3 is 5.11 Å². The monoisotopic (exact) mass is 249 g/mol. The maximum atomic E-state index is 11.9. The number of aliphatic hydroxyl groups excluding tert-OH is 1. The fourth-order valence-corrected chi connectivity index (χ4v) is 3.66. The Morgan fingerprint density at radius 1 is 1.31 bits per heavy atom. The summed E-state index contributed by atoms with van der Waals surface area (Å²) in [5.74, 6) is 0. The lowest BCUT2D eigenvalue weighted by atomic mass is 10.0. The molecule has 96 valence electrons. The third kappa shape index (κ3) is 4.39. The Labute approximate surface area is 98.5 Å². The lowest BCUT2D eigenvalue weighted by Gasteiger charge is -2.22. The topological polar surface area (TPSA) is 66.4 Å². The quantitative estimate of drug-likeness (QED) is 0.748. The normalized spacial score (nSPS) is 20.9. The Morgan fingerprint density at radius 2 is 1.94 bits per heavy atom. The van der Waals surface area contributed by atoms with Crippen molar-refractivity contribution in [2.75, 3.05) is 6.54 Å². The van der Waals surface area contributed by atoms with Crippen molar-refractivity contribution < 1.29 is 13.5 Å². The predicted octanol–water partition coefficient (Wildman–Crippen LogP) is 1.40. The molecule has 0 aromatic heterocycles. The van der Waals surface area contributed by atoms with Gasteiger partial charge in [0.15, 0.2) is 0 Å². The average Bonchev–Trinajstić information content (AvgIpc) is 2.30. The second-order valence-electron chi connectivity index (χ2n) is 4.55. The minimum Gasteiger partial charge on any atom is -0.393 e. The zero-order valence-corrected chi connectivity index (χ0v) is 10.8. The molecule has 0 heterocycles. The molecule has 0 spiro atoms. The number of rotatable bonds is 6. The number of nitrogens with one attached hydrogen (secondary N) is 1. The van der Waals surface area contributed by atoms with Crippen LogP contribution in [0.5, 0.6) is 0 Å². The van der Waals surface area contributed by atoms with Crippen LogP contribution in [0.2, 0.25) is 0 Å². The van der Waals surface area contributed by atoms with Crippen molar-refractivity contribution in [2.24, 2.45) is 0 Å². The van der Waals surface area contributed by atoms with E-state index in [1.54, 1.807) is 0 Å². The van der Waals surface area contributed by atoms with Gasteiger partial charge in [-0.1, -0.05) is 26.2 Å². The Bertz CT molecular complexity index is 284. The molecule has 0 aromatic rings. The third-order valence-electron chi connectivity index (χ3n) is 3.24. The molecule has 4 nitrogen and oxygen atoms in total. The van der Waals surface area contributed by atoms with Crippen LogP contribution in [0.4, 0.5) is 0 Å². The molecule has 2 N–H and O–H groups in total. The van der Waals surface area contributed by atoms with Crippen molar-refractivity contribution >= 4 is 10.0 Å². The molecule has 0 bridgehead atoms. The van der Waals surface area contributed by atoms with E-state index in [1.165, 1.54) is 0 Å². The molecule has 16 heavy (non-hydrogen) atoms. The van der Waals surface area contributed by atoms with Crippen LogP contribution in [-0.4, -0.2) is 31.4 Å². The van der Waals surface area contributed by atoms with Gasteiger partial charge in [0, 0.05) is 6.54 Å². The summed E-state index contributed by atoms with van der Waals surface area (Å²) in [7, 11) is -3.15. The average molecular weight is 249 g/mol. The molecule has 0 radical (unpaired) electrons. The predicted molar refractivity (Wildman–Crippen MR) is 64.7 cm³/mol. The Kier molecular flexibility index (Phi) is 5.72. The van der Waals surface area contributed by atoms with Gasteiger partial charge in [0.1, 0.15) is 0 Å². The number of hydrogen-bond donors (Lipinski definition) is 2. The summed E-state index contributed by atoms with van der Waals surface area (Å²) in [6, 6.07) is 0. The molecule has 1 atom stereocenters. The SMILES string of the molecule is CCC(O)CCNS(=O)(=O)C1CCCCC1. The van der Waals surface area contributed by atoms with E-state index in [1.807, 2.05) is 6.92 Å². The van der Waals surface area contributed by atoms with E-state index in [4.69, 9.17) is 0 Å². The summed E-state index contributed by atoms with van der Waals surface area (Å²) in [6.45, 7) is 2.24. The van der Waals surface area contributed by atoms with Crippen LogP contribution in [0, 0.1) is 0 Å². The van der Waals surface area contributed by atoms with Crippen LogP contribution < -0.4 is 4.72 Å². The zero-order chi connectivity index (χ0) is 12.0. The van der Waals surface area contributed by atoms with Crippen LogP contribution in [-0.2, 0) is 10.0 Å². The highest BCUT2D eigenvalue weighted by molar-refractivity contribution is 7.90. The summed E-state index contributed by atoms with van der Waals surface area (Å²) in [5.41, 5.74) is 0. The molecule has 0 amide bonds. The smallest absolute Gasteiger partial charge is 0.214 e. The molecule has 1 unspecified atom stereocenters. The zero-order valence-electron chi connectivity index (χ0n) is 9.98. The fraction of sp³-hybridized carbons (Fsp3) is 1.00. The first kappa shape index (κ1) is 13.9. The van der Waals surface area contributed by atoms with Gasteiger partial charge in [0.25, 0.3) is 0 Å². The third-order valence-corrected chi connectivity index (χ3v) is 5.20. The molecular weight excluding hydrogens is 226 g/mol. The molecule has 0 saturated heterocycles. The molecule has 0 aromatic carbocycles. The minimum absolute atomic E-state index is 0.208. The van der Waals surface area contributed by atoms with E-state index in [2.05, 4.69) is 4.72 Å². The van der Waals surface area contributed by atoms with Gasteiger partial charge in [-0.25, -0.2) is 13.1 Å².